The Hall–Kier alpha value is -5.42. The van der Waals surface area contributed by atoms with Crippen molar-refractivity contribution in [2.75, 3.05) is 16.8 Å². The van der Waals surface area contributed by atoms with Crippen molar-refractivity contribution in [1.82, 2.24) is 20.6 Å². The third kappa shape index (κ3) is 6.43. The maximum absolute atomic E-state index is 14.2. The van der Waals surface area contributed by atoms with Crippen molar-refractivity contribution in [2.24, 2.45) is 4.99 Å². The average Bonchev–Trinajstić information content (AvgIpc) is 3.01. The number of aliphatic imine (C=N–C) groups is 1. The molecule has 0 saturated heterocycles. The summed E-state index contributed by atoms with van der Waals surface area (Å²) in [5.74, 6) is -0.250. The molecule has 0 aliphatic carbocycles. The number of hydrogen-bond donors (Lipinski definition) is 5. The molecule has 1 aliphatic heterocycles. The van der Waals surface area contributed by atoms with Gasteiger partial charge < -0.3 is 21.1 Å². The number of carbonyl (C=O) groups is 1. The maximum Gasteiger partial charge on any atom is 0.247 e. The molecule has 10 nitrogen and oxygen atoms in total. The highest BCUT2D eigenvalue weighted by molar-refractivity contribution is 6.47. The molecule has 0 saturated carbocycles. The largest absolute Gasteiger partial charge is 0.387 e. The molecule has 11 heteroatoms. The van der Waals surface area contributed by atoms with Crippen LogP contribution in [0.25, 0.3) is 0 Å². The van der Waals surface area contributed by atoms with Crippen molar-refractivity contribution in [1.29, 1.82) is 5.41 Å². The minimum absolute atomic E-state index is 0.0416. The first kappa shape index (κ1) is 27.2. The molecule has 2 aromatic carbocycles. The molecular formula is C30H27FN8O2. The Balaban J connectivity index is 1.49. The first-order chi connectivity index (χ1) is 20.0. The van der Waals surface area contributed by atoms with E-state index in [0.717, 1.165) is 11.4 Å². The van der Waals surface area contributed by atoms with Gasteiger partial charge in [-0.1, -0.05) is 36.4 Å². The lowest BCUT2D eigenvalue weighted by atomic mass is 10.1. The van der Waals surface area contributed by atoms with E-state index in [4.69, 9.17) is 5.41 Å². The van der Waals surface area contributed by atoms with Gasteiger partial charge in [-0.2, -0.15) is 0 Å². The summed E-state index contributed by atoms with van der Waals surface area (Å²) < 4.78 is 14.2. The molecule has 1 aliphatic rings. The van der Waals surface area contributed by atoms with Crippen molar-refractivity contribution in [3.05, 3.63) is 126 Å². The highest BCUT2D eigenvalue weighted by Crippen LogP contribution is 2.29. The number of amides is 1. The van der Waals surface area contributed by atoms with E-state index in [1.807, 2.05) is 35.2 Å². The van der Waals surface area contributed by atoms with E-state index in [-0.39, 0.29) is 23.9 Å². The second-order valence-corrected chi connectivity index (χ2v) is 8.94. The van der Waals surface area contributed by atoms with Crippen molar-refractivity contribution in [3.63, 3.8) is 0 Å². The van der Waals surface area contributed by atoms with Gasteiger partial charge in [0.1, 0.15) is 30.1 Å². The van der Waals surface area contributed by atoms with E-state index in [1.54, 1.807) is 67.3 Å². The zero-order chi connectivity index (χ0) is 28.6. The summed E-state index contributed by atoms with van der Waals surface area (Å²) in [5, 5.41) is 27.6. The lowest BCUT2D eigenvalue weighted by molar-refractivity contribution is -0.124. The monoisotopic (exact) mass is 550 g/mol. The van der Waals surface area contributed by atoms with Gasteiger partial charge in [0, 0.05) is 54.2 Å². The molecule has 5 rings (SSSR count). The summed E-state index contributed by atoms with van der Waals surface area (Å²) in [4.78, 5) is 26.8. The predicted molar refractivity (Wildman–Crippen MR) is 155 cm³/mol. The van der Waals surface area contributed by atoms with Crippen LogP contribution in [0.3, 0.4) is 0 Å². The van der Waals surface area contributed by atoms with Gasteiger partial charge >= 0.3 is 0 Å². The number of anilines is 3. The summed E-state index contributed by atoms with van der Waals surface area (Å²) in [6.07, 6.45) is 7.44. The maximum atomic E-state index is 14.2. The Bertz CT molecular complexity index is 1560. The number of aromatic nitrogens is 2. The molecule has 1 unspecified atom stereocenters. The Morgan fingerprint density at radius 1 is 0.951 bits per heavy atom. The summed E-state index contributed by atoms with van der Waals surface area (Å²) in [7, 11) is 0. The van der Waals surface area contributed by atoms with E-state index >= 15 is 0 Å². The summed E-state index contributed by atoms with van der Waals surface area (Å²) >= 11 is 0. The van der Waals surface area contributed by atoms with Crippen molar-refractivity contribution >= 4 is 34.5 Å². The number of nitrogens with one attached hydrogen (secondary N) is 4. The second-order valence-electron chi connectivity index (χ2n) is 8.94. The minimum Gasteiger partial charge on any atom is -0.387 e. The number of amidine groups is 1. The van der Waals surface area contributed by atoms with Crippen LogP contribution in [-0.4, -0.2) is 45.3 Å². The minimum atomic E-state index is -0.883. The van der Waals surface area contributed by atoms with Gasteiger partial charge in [-0.05, 0) is 36.4 Å². The Kier molecular flexibility index (Phi) is 8.36. The van der Waals surface area contributed by atoms with Crippen LogP contribution in [0.1, 0.15) is 11.1 Å². The quantitative estimate of drug-likeness (QED) is 0.190. The smallest absolute Gasteiger partial charge is 0.247 e. The Morgan fingerprint density at radius 3 is 2.24 bits per heavy atom. The first-order valence-corrected chi connectivity index (χ1v) is 12.8. The summed E-state index contributed by atoms with van der Waals surface area (Å²) in [6, 6.07) is 21.0. The summed E-state index contributed by atoms with van der Waals surface area (Å²) in [5.41, 5.74) is 3.18. The number of pyridine rings is 2. The molecule has 4 aromatic rings. The highest BCUT2D eigenvalue weighted by atomic mass is 19.1. The number of benzene rings is 2. The van der Waals surface area contributed by atoms with Crippen LogP contribution in [0.2, 0.25) is 0 Å². The number of nitrogens with zero attached hydrogens (tertiary/aromatic N) is 4. The van der Waals surface area contributed by atoms with Gasteiger partial charge in [0.05, 0.1) is 11.4 Å². The van der Waals surface area contributed by atoms with Gasteiger partial charge in [-0.3, -0.25) is 25.1 Å². The standard InChI is InChI=1S/C30H27FN8O2/c31-24-7-3-1-5-20(24)18-35-25-8-4-2-6-23(25)29(32)30-37-26(36-28(41)19-40)17-27(38-30)39(21-9-13-33-14-10-21)22-11-15-34-16-12-22/h1-17,26,32,35,40H,18-19H2,(H,36,41)(H,37,38). The second kappa shape index (κ2) is 12.6. The fourth-order valence-corrected chi connectivity index (χ4v) is 4.29. The molecule has 0 spiro atoms. The van der Waals surface area contributed by atoms with E-state index in [9.17, 15) is 14.3 Å². The number of aliphatic hydroxyl groups excluding tert-OH is 1. The molecule has 0 radical (unpaired) electrons. The topological polar surface area (TPSA) is 139 Å². The lowest BCUT2D eigenvalue weighted by Gasteiger charge is -2.32. The average molecular weight is 551 g/mol. The van der Waals surface area contributed by atoms with Gasteiger partial charge in [-0.25, -0.2) is 9.38 Å². The van der Waals surface area contributed by atoms with Crippen LogP contribution >= 0.6 is 0 Å². The number of carbonyl (C=O) groups excluding carboxylic acids is 1. The number of para-hydroxylation sites is 1. The third-order valence-corrected chi connectivity index (χ3v) is 6.23. The molecule has 5 N–H and O–H groups in total. The molecule has 2 aromatic heterocycles. The molecule has 0 bridgehead atoms. The Labute approximate surface area is 235 Å². The molecule has 1 amide bonds. The van der Waals surface area contributed by atoms with Gasteiger partial charge in [-0.15, -0.1) is 0 Å². The van der Waals surface area contributed by atoms with E-state index < -0.39 is 18.7 Å². The summed E-state index contributed by atoms with van der Waals surface area (Å²) in [6.45, 7) is -0.494. The van der Waals surface area contributed by atoms with Crippen LogP contribution in [-0.2, 0) is 11.3 Å². The molecule has 206 valence electrons. The van der Waals surface area contributed by atoms with Crippen molar-refractivity contribution in [3.8, 4) is 0 Å². The van der Waals surface area contributed by atoms with Crippen molar-refractivity contribution < 1.29 is 14.3 Å². The number of aliphatic hydroxyl groups is 1. The highest BCUT2D eigenvalue weighted by Gasteiger charge is 2.26. The SMILES string of the molecule is N=C(C1=NC(NC(=O)CO)C=C(N(c2ccncc2)c2ccncc2)N1)c1ccccc1NCc1ccccc1F. The molecule has 41 heavy (non-hydrogen) atoms. The third-order valence-electron chi connectivity index (χ3n) is 6.23. The van der Waals surface area contributed by atoms with Crippen LogP contribution in [0.4, 0.5) is 21.5 Å². The van der Waals surface area contributed by atoms with Crippen LogP contribution in [0, 0.1) is 11.2 Å². The van der Waals surface area contributed by atoms with Gasteiger partial charge in [0.25, 0.3) is 0 Å². The van der Waals surface area contributed by atoms with Crippen LogP contribution < -0.4 is 20.9 Å². The zero-order valence-corrected chi connectivity index (χ0v) is 21.8. The first-order valence-electron chi connectivity index (χ1n) is 12.8. The van der Waals surface area contributed by atoms with E-state index in [2.05, 4.69) is 30.9 Å². The molecule has 0 fully saturated rings. The lowest BCUT2D eigenvalue weighted by Crippen LogP contribution is -2.46. The number of rotatable bonds is 10. The van der Waals surface area contributed by atoms with Crippen LogP contribution in [0.5, 0.6) is 0 Å². The van der Waals surface area contributed by atoms with Gasteiger partial charge in [0.15, 0.2) is 5.84 Å². The zero-order valence-electron chi connectivity index (χ0n) is 21.8. The number of hydrogen-bond acceptors (Lipinski definition) is 9. The molecular weight excluding hydrogens is 523 g/mol. The van der Waals surface area contributed by atoms with E-state index in [1.165, 1.54) is 6.07 Å². The van der Waals surface area contributed by atoms with E-state index in [0.29, 0.717) is 22.6 Å². The Morgan fingerprint density at radius 2 is 1.59 bits per heavy atom. The molecule has 1 atom stereocenters. The fourth-order valence-electron chi connectivity index (χ4n) is 4.29. The van der Waals surface area contributed by atoms with Crippen LogP contribution in [0.15, 0.2) is 114 Å². The fraction of sp³-hybridized carbons (Fsp3) is 0.100. The van der Waals surface area contributed by atoms with Gasteiger partial charge in [0.2, 0.25) is 5.91 Å². The predicted octanol–water partition coefficient (Wildman–Crippen LogP) is 3.71. The normalized spacial score (nSPS) is 14.2. The molecule has 3 heterocycles. The number of halogens is 1. The van der Waals surface area contributed by atoms with Crippen molar-refractivity contribution in [2.45, 2.75) is 12.7 Å².